The van der Waals surface area contributed by atoms with Crippen LogP contribution in [-0.2, 0) is 17.6 Å². The molecular formula is C19H19N3OS. The Hall–Kier alpha value is -2.32. The van der Waals surface area contributed by atoms with Crippen LogP contribution in [0, 0.1) is 18.3 Å². The van der Waals surface area contributed by atoms with Gasteiger partial charge in [-0.3, -0.25) is 4.79 Å². The van der Waals surface area contributed by atoms with Crippen molar-refractivity contribution in [2.24, 2.45) is 0 Å². The van der Waals surface area contributed by atoms with Crippen molar-refractivity contribution in [3.05, 3.63) is 52.7 Å². The fourth-order valence-electron chi connectivity index (χ4n) is 2.74. The molecule has 0 aliphatic heterocycles. The van der Waals surface area contributed by atoms with Crippen LogP contribution in [0.4, 0.5) is 5.69 Å². The molecule has 0 saturated carbocycles. The molecule has 0 spiro atoms. The molecule has 1 aromatic carbocycles. The second-order valence-corrected chi connectivity index (χ2v) is 7.01. The van der Waals surface area contributed by atoms with Crippen molar-refractivity contribution in [2.75, 3.05) is 11.1 Å². The van der Waals surface area contributed by atoms with Crippen LogP contribution >= 0.6 is 11.8 Å². The number of rotatable bonds is 5. The number of pyridine rings is 1. The van der Waals surface area contributed by atoms with E-state index in [1.54, 1.807) is 0 Å². The van der Waals surface area contributed by atoms with Crippen molar-refractivity contribution in [3.8, 4) is 6.07 Å². The van der Waals surface area contributed by atoms with Crippen LogP contribution in [0.1, 0.15) is 35.2 Å². The number of hydrogen-bond donors (Lipinski definition) is 1. The first-order valence-electron chi connectivity index (χ1n) is 8.08. The average Bonchev–Trinajstić information content (AvgIpc) is 3.03. The van der Waals surface area contributed by atoms with Crippen LogP contribution < -0.4 is 5.32 Å². The Morgan fingerprint density at radius 2 is 2.12 bits per heavy atom. The molecule has 5 heteroatoms. The summed E-state index contributed by atoms with van der Waals surface area (Å²) < 4.78 is 0. The number of amides is 1. The van der Waals surface area contributed by atoms with E-state index in [2.05, 4.69) is 16.4 Å². The van der Waals surface area contributed by atoms with Crippen LogP contribution in [0.3, 0.4) is 0 Å². The summed E-state index contributed by atoms with van der Waals surface area (Å²) in [4.78, 5) is 16.6. The van der Waals surface area contributed by atoms with Crippen molar-refractivity contribution in [1.82, 2.24) is 4.98 Å². The molecule has 122 valence electrons. The van der Waals surface area contributed by atoms with Gasteiger partial charge in [0, 0.05) is 23.6 Å². The summed E-state index contributed by atoms with van der Waals surface area (Å²) in [5, 5.41) is 12.9. The number of benzene rings is 1. The van der Waals surface area contributed by atoms with Crippen molar-refractivity contribution >= 4 is 23.4 Å². The highest BCUT2D eigenvalue weighted by Gasteiger charge is 2.16. The summed E-state index contributed by atoms with van der Waals surface area (Å²) in [6, 6.07) is 11.9. The van der Waals surface area contributed by atoms with Gasteiger partial charge >= 0.3 is 0 Å². The quantitative estimate of drug-likeness (QED) is 0.841. The van der Waals surface area contributed by atoms with Gasteiger partial charge in [-0.1, -0.05) is 17.7 Å². The number of aromatic nitrogens is 1. The Balaban J connectivity index is 1.55. The molecule has 0 bridgehead atoms. The van der Waals surface area contributed by atoms with E-state index in [-0.39, 0.29) is 5.91 Å². The lowest BCUT2D eigenvalue weighted by atomic mass is 10.2. The van der Waals surface area contributed by atoms with E-state index in [0.29, 0.717) is 17.7 Å². The van der Waals surface area contributed by atoms with E-state index in [9.17, 15) is 10.1 Å². The highest BCUT2D eigenvalue weighted by Crippen LogP contribution is 2.28. The molecule has 1 aromatic heterocycles. The van der Waals surface area contributed by atoms with E-state index in [1.807, 2.05) is 37.3 Å². The maximum atomic E-state index is 12.0. The molecule has 1 aliphatic carbocycles. The molecule has 1 N–H and O–H groups in total. The molecule has 1 amide bonds. The number of thioether (sulfide) groups is 1. The second-order valence-electron chi connectivity index (χ2n) is 5.92. The van der Waals surface area contributed by atoms with Gasteiger partial charge in [-0.15, -0.1) is 11.8 Å². The van der Waals surface area contributed by atoms with E-state index >= 15 is 0 Å². The zero-order chi connectivity index (χ0) is 16.9. The van der Waals surface area contributed by atoms with Gasteiger partial charge in [0.25, 0.3) is 0 Å². The van der Waals surface area contributed by atoms with Crippen molar-refractivity contribution in [3.63, 3.8) is 0 Å². The second kappa shape index (κ2) is 7.50. The Labute approximate surface area is 146 Å². The van der Waals surface area contributed by atoms with Gasteiger partial charge in [0.1, 0.15) is 11.1 Å². The van der Waals surface area contributed by atoms with E-state index in [4.69, 9.17) is 0 Å². The third kappa shape index (κ3) is 3.95. The first kappa shape index (κ1) is 16.5. The molecule has 1 heterocycles. The molecule has 0 saturated heterocycles. The lowest BCUT2D eigenvalue weighted by Gasteiger charge is -2.07. The standard InChI is InChI=1S/C19H19N3OS/c1-13-5-7-16(8-6-13)21-18(23)9-10-24-19-15(12-20)11-14-3-2-4-17(14)22-19/h5-8,11H,2-4,9-10H2,1H3,(H,21,23). The molecule has 0 fully saturated rings. The van der Waals surface area contributed by atoms with Gasteiger partial charge in [-0.05, 0) is 49.9 Å². The highest BCUT2D eigenvalue weighted by atomic mass is 32.2. The van der Waals surface area contributed by atoms with E-state index in [0.717, 1.165) is 41.2 Å². The number of aryl methyl sites for hydroxylation is 3. The third-order valence-electron chi connectivity index (χ3n) is 4.04. The number of nitrogens with zero attached hydrogens (tertiary/aromatic N) is 2. The summed E-state index contributed by atoms with van der Waals surface area (Å²) in [5.41, 5.74) is 4.91. The largest absolute Gasteiger partial charge is 0.326 e. The van der Waals surface area contributed by atoms with Crippen molar-refractivity contribution < 1.29 is 4.79 Å². The molecule has 3 rings (SSSR count). The third-order valence-corrected chi connectivity index (χ3v) is 5.03. The van der Waals surface area contributed by atoms with E-state index < -0.39 is 0 Å². The highest BCUT2D eigenvalue weighted by molar-refractivity contribution is 7.99. The summed E-state index contributed by atoms with van der Waals surface area (Å²) in [5.74, 6) is 0.587. The molecule has 2 aromatic rings. The SMILES string of the molecule is Cc1ccc(NC(=O)CCSc2nc3c(cc2C#N)CCC3)cc1. The minimum atomic E-state index is -0.0222. The number of nitrogens with one attached hydrogen (secondary N) is 1. The van der Waals surface area contributed by atoms with Crippen molar-refractivity contribution in [2.45, 2.75) is 37.6 Å². The van der Waals surface area contributed by atoms with Gasteiger partial charge in [-0.2, -0.15) is 5.26 Å². The van der Waals surface area contributed by atoms with Crippen LogP contribution in [0.25, 0.3) is 0 Å². The fraction of sp³-hybridized carbons (Fsp3) is 0.316. The predicted molar refractivity (Wildman–Crippen MR) is 96.1 cm³/mol. The molecule has 0 radical (unpaired) electrons. The van der Waals surface area contributed by atoms with Crippen LogP contribution in [0.2, 0.25) is 0 Å². The lowest BCUT2D eigenvalue weighted by Crippen LogP contribution is -2.12. The zero-order valence-electron chi connectivity index (χ0n) is 13.6. The maximum absolute atomic E-state index is 12.0. The number of carbonyl (C=O) groups excluding carboxylic acids is 1. The first-order valence-corrected chi connectivity index (χ1v) is 9.06. The molecule has 0 atom stereocenters. The fourth-order valence-corrected chi connectivity index (χ4v) is 3.66. The molecule has 0 unspecified atom stereocenters. The van der Waals surface area contributed by atoms with Gasteiger partial charge in [0.05, 0.1) is 5.56 Å². The average molecular weight is 337 g/mol. The van der Waals surface area contributed by atoms with Gasteiger partial charge < -0.3 is 5.32 Å². The monoisotopic (exact) mass is 337 g/mol. The number of fused-ring (bicyclic) bond motifs is 1. The van der Waals surface area contributed by atoms with Gasteiger partial charge in [0.2, 0.25) is 5.91 Å². The number of anilines is 1. The molecule has 1 aliphatic rings. The van der Waals surface area contributed by atoms with Crippen LogP contribution in [0.15, 0.2) is 35.4 Å². The molecule has 24 heavy (non-hydrogen) atoms. The molecule has 4 nitrogen and oxygen atoms in total. The van der Waals surface area contributed by atoms with Crippen LogP contribution in [-0.4, -0.2) is 16.6 Å². The Morgan fingerprint density at radius 1 is 1.33 bits per heavy atom. The summed E-state index contributed by atoms with van der Waals surface area (Å²) in [7, 11) is 0. The summed E-state index contributed by atoms with van der Waals surface area (Å²) in [6.45, 7) is 2.01. The Morgan fingerprint density at radius 3 is 2.88 bits per heavy atom. The number of carbonyl (C=O) groups is 1. The number of nitriles is 1. The summed E-state index contributed by atoms with van der Waals surface area (Å²) in [6.07, 6.45) is 3.51. The Bertz CT molecular complexity index is 793. The minimum absolute atomic E-state index is 0.0222. The van der Waals surface area contributed by atoms with E-state index in [1.165, 1.54) is 17.3 Å². The van der Waals surface area contributed by atoms with Gasteiger partial charge in [-0.25, -0.2) is 4.98 Å². The first-order chi connectivity index (χ1) is 11.7. The minimum Gasteiger partial charge on any atom is -0.326 e. The predicted octanol–water partition coefficient (Wildman–Crippen LogP) is 3.87. The summed E-state index contributed by atoms with van der Waals surface area (Å²) >= 11 is 1.48. The molecular weight excluding hydrogens is 318 g/mol. The lowest BCUT2D eigenvalue weighted by molar-refractivity contribution is -0.115. The number of hydrogen-bond acceptors (Lipinski definition) is 4. The van der Waals surface area contributed by atoms with Crippen LogP contribution in [0.5, 0.6) is 0 Å². The normalized spacial score (nSPS) is 12.5. The smallest absolute Gasteiger partial charge is 0.225 e. The Kier molecular flexibility index (Phi) is 5.17. The zero-order valence-corrected chi connectivity index (χ0v) is 14.4. The van der Waals surface area contributed by atoms with Gasteiger partial charge in [0.15, 0.2) is 0 Å². The topological polar surface area (TPSA) is 65.8 Å². The van der Waals surface area contributed by atoms with Crippen molar-refractivity contribution in [1.29, 1.82) is 5.26 Å². The maximum Gasteiger partial charge on any atom is 0.225 e.